The second-order valence-electron chi connectivity index (χ2n) is 2.54. The van der Waals surface area contributed by atoms with Crippen molar-refractivity contribution in [2.24, 2.45) is 0 Å². The van der Waals surface area contributed by atoms with Crippen LogP contribution >= 0.6 is 0 Å². The van der Waals surface area contributed by atoms with E-state index in [1.165, 1.54) is 0 Å². The lowest BCUT2D eigenvalue weighted by Gasteiger charge is -1.97. The Kier molecular flexibility index (Phi) is 1.72. The van der Waals surface area contributed by atoms with Crippen molar-refractivity contribution in [1.29, 1.82) is 0 Å². The van der Waals surface area contributed by atoms with Crippen molar-refractivity contribution in [2.45, 2.75) is 6.61 Å². The van der Waals surface area contributed by atoms with Gasteiger partial charge in [-0.05, 0) is 23.8 Å². The minimum absolute atomic E-state index is 0.0134. The van der Waals surface area contributed by atoms with Crippen LogP contribution in [0.3, 0.4) is 0 Å². The maximum atomic E-state index is 8.83. The third-order valence-electron chi connectivity index (χ3n) is 1.69. The van der Waals surface area contributed by atoms with Gasteiger partial charge in [-0.25, -0.2) is 0 Å². The molecule has 0 aliphatic heterocycles. The van der Waals surface area contributed by atoms with Gasteiger partial charge in [0.1, 0.15) is 0 Å². The summed E-state index contributed by atoms with van der Waals surface area (Å²) < 4.78 is 0. The van der Waals surface area contributed by atoms with Crippen LogP contribution < -0.4 is 0 Å². The first kappa shape index (κ1) is 7.18. The van der Waals surface area contributed by atoms with Crippen molar-refractivity contribution < 1.29 is 5.11 Å². The van der Waals surface area contributed by atoms with Crippen LogP contribution in [0.2, 0.25) is 0 Å². The highest BCUT2D eigenvalue weighted by Crippen LogP contribution is 2.09. The first-order valence-electron chi connectivity index (χ1n) is 3.70. The second-order valence-corrected chi connectivity index (χ2v) is 2.54. The molecule has 0 bridgehead atoms. The summed E-state index contributed by atoms with van der Waals surface area (Å²) in [4.78, 5) is 8.25. The minimum atomic E-state index is 0.0134. The van der Waals surface area contributed by atoms with E-state index in [2.05, 4.69) is 9.97 Å². The number of hydrogen-bond acceptors (Lipinski definition) is 3. The predicted molar refractivity (Wildman–Crippen MR) is 45.5 cm³/mol. The highest BCUT2D eigenvalue weighted by molar-refractivity contribution is 5.73. The van der Waals surface area contributed by atoms with E-state index in [1.54, 1.807) is 12.4 Å². The molecule has 2 aromatic heterocycles. The number of aliphatic hydroxyl groups excluding tert-OH is 1. The Morgan fingerprint density at radius 3 is 3.00 bits per heavy atom. The molecule has 2 aromatic rings. The van der Waals surface area contributed by atoms with Crippen molar-refractivity contribution in [3.05, 3.63) is 36.2 Å². The van der Waals surface area contributed by atoms with Crippen LogP contribution in [0.15, 0.2) is 30.6 Å². The Morgan fingerprint density at radius 2 is 2.17 bits per heavy atom. The SMILES string of the molecule is OCc1cnc2cccnc2c1. The molecule has 60 valence electrons. The maximum Gasteiger partial charge on any atom is 0.0890 e. The lowest BCUT2D eigenvalue weighted by Crippen LogP contribution is -1.87. The highest BCUT2D eigenvalue weighted by Gasteiger charge is 1.95. The van der Waals surface area contributed by atoms with Gasteiger partial charge in [0.2, 0.25) is 0 Å². The topological polar surface area (TPSA) is 46.0 Å². The monoisotopic (exact) mass is 160 g/mol. The van der Waals surface area contributed by atoms with E-state index in [4.69, 9.17) is 5.11 Å². The highest BCUT2D eigenvalue weighted by atomic mass is 16.3. The Labute approximate surface area is 69.7 Å². The summed E-state index contributed by atoms with van der Waals surface area (Å²) >= 11 is 0. The summed E-state index contributed by atoms with van der Waals surface area (Å²) in [5.41, 5.74) is 2.47. The fourth-order valence-corrected chi connectivity index (χ4v) is 1.08. The molecule has 0 aromatic carbocycles. The molecular formula is C9H8N2O. The van der Waals surface area contributed by atoms with Gasteiger partial charge in [-0.2, -0.15) is 0 Å². The molecule has 2 heterocycles. The van der Waals surface area contributed by atoms with Crippen LogP contribution in [0.5, 0.6) is 0 Å². The number of fused-ring (bicyclic) bond motifs is 1. The quantitative estimate of drug-likeness (QED) is 0.680. The molecule has 2 rings (SSSR count). The number of rotatable bonds is 1. The van der Waals surface area contributed by atoms with Gasteiger partial charge in [0.15, 0.2) is 0 Å². The van der Waals surface area contributed by atoms with Crippen LogP contribution in [-0.4, -0.2) is 15.1 Å². The van der Waals surface area contributed by atoms with Gasteiger partial charge in [0.05, 0.1) is 17.6 Å². The Morgan fingerprint density at radius 1 is 1.25 bits per heavy atom. The molecule has 3 nitrogen and oxygen atoms in total. The summed E-state index contributed by atoms with van der Waals surface area (Å²) in [6, 6.07) is 5.57. The summed E-state index contributed by atoms with van der Waals surface area (Å²) in [7, 11) is 0. The molecule has 0 aliphatic carbocycles. The average molecular weight is 160 g/mol. The average Bonchev–Trinajstić information content (AvgIpc) is 2.17. The molecule has 12 heavy (non-hydrogen) atoms. The van der Waals surface area contributed by atoms with E-state index in [0.29, 0.717) is 0 Å². The number of aromatic nitrogens is 2. The smallest absolute Gasteiger partial charge is 0.0890 e. The van der Waals surface area contributed by atoms with Crippen LogP contribution in [0, 0.1) is 0 Å². The summed E-state index contributed by atoms with van der Waals surface area (Å²) in [5.74, 6) is 0. The molecule has 0 amide bonds. The van der Waals surface area contributed by atoms with Crippen LogP contribution in [0.25, 0.3) is 11.0 Å². The summed E-state index contributed by atoms with van der Waals surface area (Å²) in [6.45, 7) is 0.0134. The van der Waals surface area contributed by atoms with E-state index in [-0.39, 0.29) is 6.61 Å². The summed E-state index contributed by atoms with van der Waals surface area (Å²) in [5, 5.41) is 8.83. The first-order chi connectivity index (χ1) is 5.90. The lowest BCUT2D eigenvalue weighted by molar-refractivity contribution is 0.281. The number of pyridine rings is 2. The zero-order valence-electron chi connectivity index (χ0n) is 6.44. The fraction of sp³-hybridized carbons (Fsp3) is 0.111. The predicted octanol–water partition coefficient (Wildman–Crippen LogP) is 1.12. The van der Waals surface area contributed by atoms with E-state index < -0.39 is 0 Å². The lowest BCUT2D eigenvalue weighted by atomic mass is 10.2. The zero-order valence-corrected chi connectivity index (χ0v) is 6.44. The van der Waals surface area contributed by atoms with E-state index in [0.717, 1.165) is 16.6 Å². The largest absolute Gasteiger partial charge is 0.392 e. The molecule has 0 saturated heterocycles. The van der Waals surface area contributed by atoms with E-state index >= 15 is 0 Å². The van der Waals surface area contributed by atoms with E-state index in [9.17, 15) is 0 Å². The number of nitrogens with zero attached hydrogens (tertiary/aromatic N) is 2. The van der Waals surface area contributed by atoms with Crippen molar-refractivity contribution in [1.82, 2.24) is 9.97 Å². The van der Waals surface area contributed by atoms with Gasteiger partial charge in [0.25, 0.3) is 0 Å². The standard InChI is InChI=1S/C9H8N2O/c12-6-7-4-9-8(11-5-7)2-1-3-10-9/h1-5,12H,6H2. The molecule has 0 aliphatic rings. The Balaban J connectivity index is 2.67. The molecule has 1 N–H and O–H groups in total. The van der Waals surface area contributed by atoms with Crippen LogP contribution in [0.4, 0.5) is 0 Å². The van der Waals surface area contributed by atoms with Crippen LogP contribution in [-0.2, 0) is 6.61 Å². The van der Waals surface area contributed by atoms with E-state index in [1.807, 2.05) is 18.2 Å². The van der Waals surface area contributed by atoms with Gasteiger partial charge in [0, 0.05) is 12.4 Å². The summed E-state index contributed by atoms with van der Waals surface area (Å²) in [6.07, 6.45) is 3.37. The van der Waals surface area contributed by atoms with Crippen molar-refractivity contribution in [2.75, 3.05) is 0 Å². The van der Waals surface area contributed by atoms with Gasteiger partial charge < -0.3 is 5.11 Å². The molecular weight excluding hydrogens is 152 g/mol. The molecule has 0 radical (unpaired) electrons. The minimum Gasteiger partial charge on any atom is -0.392 e. The van der Waals surface area contributed by atoms with Gasteiger partial charge >= 0.3 is 0 Å². The second kappa shape index (κ2) is 2.87. The number of aliphatic hydroxyl groups is 1. The molecule has 3 heteroatoms. The molecule has 0 saturated carbocycles. The number of hydrogen-bond donors (Lipinski definition) is 1. The van der Waals surface area contributed by atoms with Crippen molar-refractivity contribution in [3.63, 3.8) is 0 Å². The normalized spacial score (nSPS) is 10.4. The molecule has 0 atom stereocenters. The maximum absolute atomic E-state index is 8.83. The van der Waals surface area contributed by atoms with Crippen LogP contribution in [0.1, 0.15) is 5.56 Å². The van der Waals surface area contributed by atoms with Crippen molar-refractivity contribution in [3.8, 4) is 0 Å². The Bertz CT molecular complexity index is 400. The molecule has 0 spiro atoms. The Hall–Kier alpha value is -1.48. The van der Waals surface area contributed by atoms with Gasteiger partial charge in [-0.3, -0.25) is 9.97 Å². The third kappa shape index (κ3) is 1.14. The van der Waals surface area contributed by atoms with Crippen molar-refractivity contribution >= 4 is 11.0 Å². The van der Waals surface area contributed by atoms with Gasteiger partial charge in [-0.15, -0.1) is 0 Å². The third-order valence-corrected chi connectivity index (χ3v) is 1.69. The molecule has 0 fully saturated rings. The zero-order chi connectivity index (χ0) is 8.39. The fourth-order valence-electron chi connectivity index (χ4n) is 1.08. The van der Waals surface area contributed by atoms with Gasteiger partial charge in [-0.1, -0.05) is 0 Å². The first-order valence-corrected chi connectivity index (χ1v) is 3.70. The molecule has 0 unspecified atom stereocenters.